The third kappa shape index (κ3) is 6.79. The Balaban J connectivity index is 1.54. The summed E-state index contributed by atoms with van der Waals surface area (Å²) in [5.41, 5.74) is 3.31. The molecule has 7 nitrogen and oxygen atoms in total. The summed E-state index contributed by atoms with van der Waals surface area (Å²) >= 11 is 6.02. The van der Waals surface area contributed by atoms with Gasteiger partial charge >= 0.3 is 5.97 Å². The molecule has 0 unspecified atom stereocenters. The Morgan fingerprint density at radius 1 is 0.650 bits per heavy atom. The molecule has 0 bridgehead atoms. The zero-order chi connectivity index (χ0) is 28.5. The minimum Gasteiger partial charge on any atom is -0.496 e. The Bertz CT molecular complexity index is 1450. The molecule has 4 aromatic rings. The number of carbonyl (C=O) groups is 1. The smallest absolute Gasteiger partial charge is 0.337 e. The number of esters is 1. The van der Waals surface area contributed by atoms with E-state index in [4.69, 9.17) is 40.0 Å². The van der Waals surface area contributed by atoms with Gasteiger partial charge in [0.15, 0.2) is 23.0 Å². The Kier molecular flexibility index (Phi) is 9.76. The molecular formula is C32H31ClO7. The normalized spacial score (nSPS) is 10.5. The van der Waals surface area contributed by atoms with Crippen molar-refractivity contribution in [2.45, 2.75) is 18.7 Å². The van der Waals surface area contributed by atoms with Crippen LogP contribution in [0.3, 0.4) is 0 Å². The van der Waals surface area contributed by atoms with Crippen LogP contribution in [0.2, 0.25) is 0 Å². The zero-order valence-electron chi connectivity index (χ0n) is 22.9. The highest BCUT2D eigenvalue weighted by molar-refractivity contribution is 6.17. The fraction of sp³-hybridized carbons (Fsp3) is 0.219. The molecule has 4 rings (SSSR count). The van der Waals surface area contributed by atoms with Gasteiger partial charge in [0.2, 0.25) is 0 Å². The first-order chi connectivity index (χ1) is 19.5. The van der Waals surface area contributed by atoms with E-state index in [1.807, 2.05) is 60.7 Å². The highest BCUT2D eigenvalue weighted by atomic mass is 35.5. The van der Waals surface area contributed by atoms with Gasteiger partial charge in [0, 0.05) is 11.4 Å². The van der Waals surface area contributed by atoms with E-state index in [9.17, 15) is 4.79 Å². The molecule has 208 valence electrons. The largest absolute Gasteiger partial charge is 0.496 e. The van der Waals surface area contributed by atoms with Gasteiger partial charge in [-0.25, -0.2) is 4.79 Å². The number of hydrogen-bond acceptors (Lipinski definition) is 7. The third-order valence-corrected chi connectivity index (χ3v) is 6.60. The quantitative estimate of drug-likeness (QED) is 0.130. The van der Waals surface area contributed by atoms with Crippen molar-refractivity contribution in [2.75, 3.05) is 28.4 Å². The predicted molar refractivity (Wildman–Crippen MR) is 154 cm³/mol. The summed E-state index contributed by atoms with van der Waals surface area (Å²) in [6, 6.07) is 24.0. The fourth-order valence-corrected chi connectivity index (χ4v) is 4.39. The van der Waals surface area contributed by atoms with Gasteiger partial charge in [-0.15, -0.1) is 11.6 Å². The molecule has 0 aliphatic rings. The Morgan fingerprint density at radius 2 is 1.35 bits per heavy atom. The molecule has 0 saturated carbocycles. The molecule has 0 aliphatic carbocycles. The Labute approximate surface area is 239 Å². The lowest BCUT2D eigenvalue weighted by Crippen LogP contribution is -2.02. The lowest BCUT2D eigenvalue weighted by Gasteiger charge is -2.18. The number of aryl methyl sites for hydroxylation is 1. The SMILES string of the molecule is COC(=O)c1ccc(OC)c(Oc2ccc(CCc3c(OC)ccc(OC)c3Oc3cccc(CCl)c3)cc2)c1. The van der Waals surface area contributed by atoms with E-state index >= 15 is 0 Å². The van der Waals surface area contributed by atoms with E-state index < -0.39 is 5.97 Å². The first kappa shape index (κ1) is 28.6. The van der Waals surface area contributed by atoms with Crippen LogP contribution in [0, 0.1) is 0 Å². The van der Waals surface area contributed by atoms with E-state index in [-0.39, 0.29) is 0 Å². The highest BCUT2D eigenvalue weighted by Gasteiger charge is 2.18. The summed E-state index contributed by atoms with van der Waals surface area (Å²) in [5.74, 6) is 4.05. The van der Waals surface area contributed by atoms with Gasteiger partial charge in [0.05, 0.1) is 34.0 Å². The van der Waals surface area contributed by atoms with E-state index in [2.05, 4.69) is 0 Å². The van der Waals surface area contributed by atoms with Crippen LogP contribution in [-0.2, 0) is 23.5 Å². The second-order valence-electron chi connectivity index (χ2n) is 8.76. The van der Waals surface area contributed by atoms with Crippen molar-refractivity contribution >= 4 is 17.6 Å². The summed E-state index contributed by atoms with van der Waals surface area (Å²) in [6.45, 7) is 0. The number of carbonyl (C=O) groups excluding carboxylic acids is 1. The molecule has 40 heavy (non-hydrogen) atoms. The van der Waals surface area contributed by atoms with Gasteiger partial charge < -0.3 is 28.4 Å². The average Bonchev–Trinajstić information content (AvgIpc) is 3.00. The maximum absolute atomic E-state index is 11.9. The molecule has 0 amide bonds. The molecule has 0 fully saturated rings. The number of hydrogen-bond donors (Lipinski definition) is 0. The first-order valence-electron chi connectivity index (χ1n) is 12.6. The molecule has 0 atom stereocenters. The first-order valence-corrected chi connectivity index (χ1v) is 13.1. The summed E-state index contributed by atoms with van der Waals surface area (Å²) in [6.07, 6.45) is 1.35. The standard InChI is InChI=1S/C32H31ClO7/c1-35-27-16-17-29(37-3)31(40-25-7-5-6-22(18-25)20-33)26(27)14-10-21-8-12-24(13-9-21)39-30-19-23(32(34)38-4)11-15-28(30)36-2/h5-9,11-13,15-19H,10,14,20H2,1-4H3. The minimum absolute atomic E-state index is 0.370. The van der Waals surface area contributed by atoms with Crippen LogP contribution < -0.4 is 23.7 Å². The molecule has 0 aliphatic heterocycles. The van der Waals surface area contributed by atoms with E-state index in [1.165, 1.54) is 7.11 Å². The molecule has 8 heteroatoms. The average molecular weight is 563 g/mol. The third-order valence-electron chi connectivity index (χ3n) is 6.29. The van der Waals surface area contributed by atoms with Crippen LogP contribution in [0.1, 0.15) is 27.0 Å². The van der Waals surface area contributed by atoms with Crippen LogP contribution in [0.5, 0.6) is 40.2 Å². The van der Waals surface area contributed by atoms with Gasteiger partial charge in [-0.1, -0.05) is 24.3 Å². The predicted octanol–water partition coefficient (Wildman–Crippen LogP) is 7.61. The maximum Gasteiger partial charge on any atom is 0.337 e. The Morgan fingerprint density at radius 3 is 2.02 bits per heavy atom. The van der Waals surface area contributed by atoms with Gasteiger partial charge in [-0.05, 0) is 78.6 Å². The number of ether oxygens (including phenoxy) is 6. The molecule has 0 radical (unpaired) electrons. The molecule has 0 heterocycles. The van der Waals surface area contributed by atoms with Crippen molar-refractivity contribution in [2.24, 2.45) is 0 Å². The summed E-state index contributed by atoms with van der Waals surface area (Å²) in [5, 5.41) is 0. The molecule has 0 N–H and O–H groups in total. The van der Waals surface area contributed by atoms with Crippen LogP contribution in [0.15, 0.2) is 78.9 Å². The lowest BCUT2D eigenvalue weighted by molar-refractivity contribution is 0.0600. The maximum atomic E-state index is 11.9. The lowest BCUT2D eigenvalue weighted by atomic mass is 10.0. The van der Waals surface area contributed by atoms with Crippen LogP contribution >= 0.6 is 11.6 Å². The van der Waals surface area contributed by atoms with Crippen molar-refractivity contribution in [3.63, 3.8) is 0 Å². The van der Waals surface area contributed by atoms with Crippen molar-refractivity contribution in [3.05, 3.63) is 101 Å². The van der Waals surface area contributed by atoms with Gasteiger partial charge in [0.1, 0.15) is 17.2 Å². The molecular weight excluding hydrogens is 532 g/mol. The number of rotatable bonds is 12. The van der Waals surface area contributed by atoms with Gasteiger partial charge in [-0.3, -0.25) is 0 Å². The van der Waals surface area contributed by atoms with Gasteiger partial charge in [0.25, 0.3) is 0 Å². The van der Waals surface area contributed by atoms with Crippen molar-refractivity contribution in [1.82, 2.24) is 0 Å². The van der Waals surface area contributed by atoms with Crippen LogP contribution in [0.4, 0.5) is 0 Å². The molecule has 0 spiro atoms. The second-order valence-corrected chi connectivity index (χ2v) is 9.03. The van der Waals surface area contributed by atoms with Crippen molar-refractivity contribution < 1.29 is 33.2 Å². The van der Waals surface area contributed by atoms with E-state index in [0.29, 0.717) is 64.5 Å². The number of halogens is 1. The van der Waals surface area contributed by atoms with Crippen molar-refractivity contribution in [3.8, 4) is 40.2 Å². The van der Waals surface area contributed by atoms with Crippen LogP contribution in [-0.4, -0.2) is 34.4 Å². The number of benzene rings is 4. The molecule has 0 saturated heterocycles. The monoisotopic (exact) mass is 562 g/mol. The summed E-state index contributed by atoms with van der Waals surface area (Å²) < 4.78 is 33.8. The van der Waals surface area contributed by atoms with Crippen molar-refractivity contribution in [1.29, 1.82) is 0 Å². The summed E-state index contributed by atoms with van der Waals surface area (Å²) in [7, 11) is 6.13. The highest BCUT2D eigenvalue weighted by Crippen LogP contribution is 2.41. The number of methoxy groups -OCH3 is 4. The topological polar surface area (TPSA) is 72.5 Å². The molecule has 0 aromatic heterocycles. The zero-order valence-corrected chi connectivity index (χ0v) is 23.6. The van der Waals surface area contributed by atoms with Gasteiger partial charge in [-0.2, -0.15) is 0 Å². The van der Waals surface area contributed by atoms with E-state index in [0.717, 1.165) is 16.7 Å². The number of alkyl halides is 1. The van der Waals surface area contributed by atoms with Crippen LogP contribution in [0.25, 0.3) is 0 Å². The second kappa shape index (κ2) is 13.6. The fourth-order valence-electron chi connectivity index (χ4n) is 4.22. The Hall–Kier alpha value is -4.36. The minimum atomic E-state index is -0.453. The molecule has 4 aromatic carbocycles. The summed E-state index contributed by atoms with van der Waals surface area (Å²) in [4.78, 5) is 11.9. The van der Waals surface area contributed by atoms with E-state index in [1.54, 1.807) is 39.5 Å².